The van der Waals surface area contributed by atoms with Crippen LogP contribution in [-0.4, -0.2) is 27.6 Å². The van der Waals surface area contributed by atoms with Crippen LogP contribution in [-0.2, 0) is 17.1 Å². The van der Waals surface area contributed by atoms with Crippen LogP contribution in [0.15, 0.2) is 36.4 Å². The molecule has 1 aromatic carbocycles. The van der Waals surface area contributed by atoms with Crippen LogP contribution in [0.25, 0.3) is 0 Å². The van der Waals surface area contributed by atoms with Crippen molar-refractivity contribution in [1.29, 1.82) is 0 Å². The number of halogens is 6. The number of carbonyl (C=O) groups is 1. The summed E-state index contributed by atoms with van der Waals surface area (Å²) in [4.78, 5) is 13.2. The van der Waals surface area contributed by atoms with Gasteiger partial charge in [0.25, 0.3) is 0 Å². The number of carbonyl (C=O) groups excluding carboxylic acids is 1. The number of nitrogens with zero attached hydrogens (tertiary/aromatic N) is 3. The molecule has 1 aromatic heterocycles. The second kappa shape index (κ2) is 12.9. The summed E-state index contributed by atoms with van der Waals surface area (Å²) in [7, 11) is 0. The molecule has 1 fully saturated rings. The molecule has 2 heterocycles. The molecule has 0 amide bonds. The summed E-state index contributed by atoms with van der Waals surface area (Å²) < 4.78 is 78.4. The van der Waals surface area contributed by atoms with E-state index in [-0.39, 0.29) is 47.8 Å². The molecule has 0 aliphatic carbocycles. The van der Waals surface area contributed by atoms with Crippen molar-refractivity contribution in [2.45, 2.75) is 70.4 Å². The van der Waals surface area contributed by atoms with Gasteiger partial charge in [-0.1, -0.05) is 26.0 Å². The number of piperidine rings is 1. The van der Waals surface area contributed by atoms with Crippen LogP contribution < -0.4 is 34.7 Å². The number of carboxylic acid groups (broad SMARTS) is 1. The van der Waals surface area contributed by atoms with Gasteiger partial charge in [0.05, 0.1) is 17.3 Å². The molecular formula is C25H28F6N3NaO2. The maximum absolute atomic E-state index is 13.1. The summed E-state index contributed by atoms with van der Waals surface area (Å²) in [6.07, 6.45) is -7.19. The van der Waals surface area contributed by atoms with E-state index in [1.54, 1.807) is 0 Å². The van der Waals surface area contributed by atoms with Crippen molar-refractivity contribution in [3.63, 3.8) is 0 Å². The molecule has 1 aliphatic rings. The fraction of sp³-hybridized carbons (Fsp3) is 0.560. The second-order valence-electron chi connectivity index (χ2n) is 9.67. The van der Waals surface area contributed by atoms with Crippen LogP contribution in [0, 0.1) is 11.8 Å². The van der Waals surface area contributed by atoms with Gasteiger partial charge in [-0.3, -0.25) is 4.90 Å². The Morgan fingerprint density at radius 1 is 1.00 bits per heavy atom. The van der Waals surface area contributed by atoms with Crippen molar-refractivity contribution >= 4 is 5.97 Å². The van der Waals surface area contributed by atoms with Gasteiger partial charge in [0.2, 0.25) is 0 Å². The molecule has 3 atom stereocenters. The van der Waals surface area contributed by atoms with Crippen molar-refractivity contribution in [2.24, 2.45) is 11.8 Å². The van der Waals surface area contributed by atoms with Gasteiger partial charge in [-0.2, -0.15) is 31.4 Å². The van der Waals surface area contributed by atoms with E-state index in [9.17, 15) is 36.2 Å². The number of hydrogen-bond donors (Lipinski definition) is 0. The Morgan fingerprint density at radius 3 is 2.14 bits per heavy atom. The van der Waals surface area contributed by atoms with E-state index in [1.165, 1.54) is 18.2 Å². The first kappa shape index (κ1) is 31.5. The van der Waals surface area contributed by atoms with Gasteiger partial charge in [-0.05, 0) is 80.3 Å². The van der Waals surface area contributed by atoms with Crippen molar-refractivity contribution in [2.75, 3.05) is 6.54 Å². The van der Waals surface area contributed by atoms with Crippen LogP contribution in [0.5, 0.6) is 0 Å². The number of carboxylic acids is 1. The van der Waals surface area contributed by atoms with Crippen molar-refractivity contribution in [1.82, 2.24) is 15.1 Å². The van der Waals surface area contributed by atoms with E-state index in [0.717, 1.165) is 24.6 Å². The van der Waals surface area contributed by atoms with Gasteiger partial charge < -0.3 is 9.90 Å². The Balaban J connectivity index is 0.00000481. The minimum atomic E-state index is -4.63. The number of aromatic nitrogens is 2. The van der Waals surface area contributed by atoms with Crippen molar-refractivity contribution < 1.29 is 65.8 Å². The number of likely N-dealkylation sites (tertiary alicyclic amines) is 1. The SMILES string of the molecule is CC(C)CC[C@H](c1ccc(C(F)(F)F)nn1)N1CC[C@@H](CC(=O)[O-])C[C@H]1c1ccc(C(F)(F)F)cc1.[Na+]. The first-order chi connectivity index (χ1) is 16.8. The van der Waals surface area contributed by atoms with Crippen molar-refractivity contribution in [3.05, 3.63) is 58.9 Å². The predicted molar refractivity (Wildman–Crippen MR) is 117 cm³/mol. The zero-order valence-corrected chi connectivity index (χ0v) is 22.9. The number of rotatable bonds is 8. The van der Waals surface area contributed by atoms with E-state index >= 15 is 0 Å². The molecule has 0 saturated carbocycles. The molecule has 0 bridgehead atoms. The second-order valence-corrected chi connectivity index (χ2v) is 9.67. The Bertz CT molecular complexity index is 1010. The molecular weight excluding hydrogens is 511 g/mol. The van der Waals surface area contributed by atoms with E-state index in [0.29, 0.717) is 37.1 Å². The Labute approximate surface area is 233 Å². The third-order valence-corrected chi connectivity index (χ3v) is 6.57. The van der Waals surface area contributed by atoms with Gasteiger partial charge in [-0.25, -0.2) is 0 Å². The minimum absolute atomic E-state index is 0. The summed E-state index contributed by atoms with van der Waals surface area (Å²) in [5, 5.41) is 18.5. The molecule has 0 spiro atoms. The van der Waals surface area contributed by atoms with Crippen LogP contribution in [0.2, 0.25) is 0 Å². The zero-order valence-electron chi connectivity index (χ0n) is 20.9. The summed E-state index contributed by atoms with van der Waals surface area (Å²) in [5.41, 5.74) is -1.01. The van der Waals surface area contributed by atoms with Gasteiger partial charge in [0.1, 0.15) is 0 Å². The number of hydrogen-bond acceptors (Lipinski definition) is 5. The smallest absolute Gasteiger partial charge is 0.550 e. The van der Waals surface area contributed by atoms with E-state index < -0.39 is 41.7 Å². The summed E-state index contributed by atoms with van der Waals surface area (Å²) in [5.74, 6) is -1.16. The normalized spacial score (nSPS) is 19.9. The number of benzene rings is 1. The van der Waals surface area contributed by atoms with E-state index in [1.807, 2.05) is 18.7 Å². The molecule has 1 saturated heterocycles. The van der Waals surface area contributed by atoms with Gasteiger partial charge >= 0.3 is 41.9 Å². The molecule has 0 radical (unpaired) electrons. The first-order valence-corrected chi connectivity index (χ1v) is 11.8. The standard InChI is InChI=1S/C25H29F6N3O2.Na/c1-15(2)3-9-20(19-8-10-22(33-32-19)25(29,30)31)34-12-11-16(14-23(35)36)13-21(34)17-4-6-18(7-5-17)24(26,27)28;/h4-8,10,15-16,20-21H,3,9,11-14H2,1-2H3,(H,35,36);/q;+1/p-1/t16-,20-,21+;/m1./s1. The maximum atomic E-state index is 13.1. The zero-order chi connectivity index (χ0) is 26.7. The van der Waals surface area contributed by atoms with E-state index in [2.05, 4.69) is 10.2 Å². The van der Waals surface area contributed by atoms with Crippen LogP contribution in [0.3, 0.4) is 0 Å². The molecule has 0 unspecified atom stereocenters. The monoisotopic (exact) mass is 539 g/mol. The van der Waals surface area contributed by atoms with Crippen LogP contribution >= 0.6 is 0 Å². The molecule has 12 heteroatoms. The Kier molecular flexibility index (Phi) is 11.0. The molecule has 1 aliphatic heterocycles. The number of aliphatic carboxylic acids is 1. The summed E-state index contributed by atoms with van der Waals surface area (Å²) >= 11 is 0. The average molecular weight is 539 g/mol. The van der Waals surface area contributed by atoms with Gasteiger partial charge in [-0.15, -0.1) is 5.10 Å². The summed E-state index contributed by atoms with van der Waals surface area (Å²) in [6.45, 7) is 4.42. The van der Waals surface area contributed by atoms with Crippen LogP contribution in [0.1, 0.15) is 80.6 Å². The first-order valence-electron chi connectivity index (χ1n) is 11.8. The van der Waals surface area contributed by atoms with Gasteiger partial charge in [0.15, 0.2) is 5.69 Å². The third-order valence-electron chi connectivity index (χ3n) is 6.57. The largest absolute Gasteiger partial charge is 1.00 e. The molecule has 198 valence electrons. The van der Waals surface area contributed by atoms with Crippen LogP contribution in [0.4, 0.5) is 26.3 Å². The topological polar surface area (TPSA) is 69.2 Å². The number of alkyl halides is 6. The van der Waals surface area contributed by atoms with Crippen molar-refractivity contribution in [3.8, 4) is 0 Å². The predicted octanol–water partition coefficient (Wildman–Crippen LogP) is 2.59. The Morgan fingerprint density at radius 2 is 1.65 bits per heavy atom. The Hall–Kier alpha value is -1.69. The average Bonchev–Trinajstić information content (AvgIpc) is 2.78. The van der Waals surface area contributed by atoms with Gasteiger partial charge in [0, 0.05) is 12.0 Å². The quantitative estimate of drug-likeness (QED) is 0.381. The molecule has 3 rings (SSSR count). The van der Waals surface area contributed by atoms with E-state index in [4.69, 9.17) is 0 Å². The molecule has 0 N–H and O–H groups in total. The molecule has 5 nitrogen and oxygen atoms in total. The maximum Gasteiger partial charge on any atom is 1.00 e. The molecule has 2 aromatic rings. The third kappa shape index (κ3) is 8.66. The molecule has 37 heavy (non-hydrogen) atoms. The summed E-state index contributed by atoms with van der Waals surface area (Å²) in [6, 6.07) is 5.98. The fourth-order valence-electron chi connectivity index (χ4n) is 4.72. The fourth-order valence-corrected chi connectivity index (χ4v) is 4.72. The minimum Gasteiger partial charge on any atom is -0.550 e.